The summed E-state index contributed by atoms with van der Waals surface area (Å²) in [5, 5.41) is 2.68. The van der Waals surface area contributed by atoms with E-state index in [4.69, 9.17) is 0 Å². The van der Waals surface area contributed by atoms with Crippen LogP contribution in [-0.2, 0) is 14.4 Å². The largest absolute Gasteiger partial charge is 0.359 e. The van der Waals surface area contributed by atoms with Crippen LogP contribution in [0.15, 0.2) is 12.2 Å². The van der Waals surface area contributed by atoms with Crippen LogP contribution in [0.25, 0.3) is 0 Å². The van der Waals surface area contributed by atoms with E-state index >= 15 is 0 Å². The summed E-state index contributed by atoms with van der Waals surface area (Å²) in [6.07, 6.45) is 7.06. The molecule has 0 heterocycles. The normalized spacial score (nSPS) is 26.1. The Kier molecular flexibility index (Phi) is 6.58. The molecule has 5 heteroatoms. The van der Waals surface area contributed by atoms with Gasteiger partial charge in [0.2, 0.25) is 5.91 Å². The van der Waals surface area contributed by atoms with Gasteiger partial charge in [0.25, 0.3) is 0 Å². The van der Waals surface area contributed by atoms with E-state index in [9.17, 15) is 14.4 Å². The van der Waals surface area contributed by atoms with Crippen LogP contribution in [0.4, 0.5) is 0 Å². The third kappa shape index (κ3) is 4.00. The van der Waals surface area contributed by atoms with Crippen LogP contribution in [0.5, 0.6) is 0 Å². The molecule has 0 radical (unpaired) electrons. The Labute approximate surface area is 120 Å². The molecule has 0 atom stereocenters. The molecule has 0 aliphatic heterocycles. The summed E-state index contributed by atoms with van der Waals surface area (Å²) in [6, 6.07) is 0. The van der Waals surface area contributed by atoms with E-state index in [2.05, 4.69) is 11.1 Å². The van der Waals surface area contributed by atoms with Gasteiger partial charge in [0.15, 0.2) is 11.6 Å². The molecule has 2 rings (SSSR count). The van der Waals surface area contributed by atoms with Crippen molar-refractivity contribution < 1.29 is 14.4 Å². The van der Waals surface area contributed by atoms with Crippen molar-refractivity contribution in [2.24, 2.45) is 23.5 Å². The maximum atomic E-state index is 11.5. The standard InChI is InChI=1S/C14H19NO3.CH5N/c1-15-14(18)10-4-2-9(3-5-10)8-11-12(16)6-7-13(11)17;1-2/h6-7,9-11H,2-5,8H2,1H3,(H,15,18);2H2,1H3. The van der Waals surface area contributed by atoms with Gasteiger partial charge in [-0.1, -0.05) is 0 Å². The molecule has 0 unspecified atom stereocenters. The molecule has 0 aromatic heterocycles. The first-order chi connectivity index (χ1) is 9.61. The van der Waals surface area contributed by atoms with Crippen LogP contribution in [0.1, 0.15) is 32.1 Å². The van der Waals surface area contributed by atoms with Gasteiger partial charge in [-0.3, -0.25) is 14.4 Å². The first-order valence-electron chi connectivity index (χ1n) is 7.17. The van der Waals surface area contributed by atoms with E-state index in [1.54, 1.807) is 7.05 Å². The maximum Gasteiger partial charge on any atom is 0.222 e. The van der Waals surface area contributed by atoms with E-state index in [0.717, 1.165) is 25.7 Å². The molecule has 2 aliphatic rings. The van der Waals surface area contributed by atoms with Crippen molar-refractivity contribution in [1.29, 1.82) is 0 Å². The first kappa shape index (κ1) is 16.6. The molecule has 112 valence electrons. The van der Waals surface area contributed by atoms with Crippen molar-refractivity contribution in [3.63, 3.8) is 0 Å². The monoisotopic (exact) mass is 280 g/mol. The average molecular weight is 280 g/mol. The summed E-state index contributed by atoms with van der Waals surface area (Å²) in [7, 11) is 3.16. The quantitative estimate of drug-likeness (QED) is 0.749. The molecule has 5 nitrogen and oxygen atoms in total. The topological polar surface area (TPSA) is 89.3 Å². The Morgan fingerprint density at radius 1 is 1.15 bits per heavy atom. The number of hydrogen-bond acceptors (Lipinski definition) is 4. The Morgan fingerprint density at radius 2 is 1.65 bits per heavy atom. The molecule has 0 aromatic carbocycles. The molecule has 2 aliphatic carbocycles. The first-order valence-corrected chi connectivity index (χ1v) is 7.17. The molecular weight excluding hydrogens is 256 g/mol. The minimum absolute atomic E-state index is 0.0478. The minimum atomic E-state index is -0.438. The van der Waals surface area contributed by atoms with E-state index < -0.39 is 5.92 Å². The summed E-state index contributed by atoms with van der Waals surface area (Å²) in [5.74, 6) is 0.0969. The van der Waals surface area contributed by atoms with Crippen molar-refractivity contribution in [3.8, 4) is 0 Å². The van der Waals surface area contributed by atoms with Crippen LogP contribution < -0.4 is 11.1 Å². The van der Waals surface area contributed by atoms with Gasteiger partial charge in [0.05, 0.1) is 5.92 Å². The molecular formula is C15H24N2O3. The Hall–Kier alpha value is -1.49. The Bertz CT molecular complexity index is 378. The lowest BCUT2D eigenvalue weighted by molar-refractivity contribution is -0.128. The lowest BCUT2D eigenvalue weighted by Gasteiger charge is -2.28. The fourth-order valence-electron chi connectivity index (χ4n) is 2.97. The van der Waals surface area contributed by atoms with Gasteiger partial charge in [-0.05, 0) is 57.2 Å². The zero-order valence-electron chi connectivity index (χ0n) is 12.2. The number of ketones is 2. The summed E-state index contributed by atoms with van der Waals surface area (Å²) in [6.45, 7) is 0. The molecule has 1 fully saturated rings. The third-order valence-corrected chi connectivity index (χ3v) is 4.13. The zero-order chi connectivity index (χ0) is 15.1. The van der Waals surface area contributed by atoms with E-state index in [0.29, 0.717) is 12.3 Å². The number of nitrogens with one attached hydrogen (secondary N) is 1. The number of hydrogen-bond donors (Lipinski definition) is 2. The Morgan fingerprint density at radius 3 is 2.10 bits per heavy atom. The molecule has 20 heavy (non-hydrogen) atoms. The molecule has 3 N–H and O–H groups in total. The second-order valence-electron chi connectivity index (χ2n) is 5.26. The lowest BCUT2D eigenvalue weighted by Crippen LogP contribution is -2.31. The van der Waals surface area contributed by atoms with Gasteiger partial charge in [-0.2, -0.15) is 0 Å². The van der Waals surface area contributed by atoms with Crippen molar-refractivity contribution in [1.82, 2.24) is 5.32 Å². The SMILES string of the molecule is CN.CNC(=O)C1CCC(CC2C(=O)C=CC2=O)CC1. The summed E-state index contributed by atoms with van der Waals surface area (Å²) in [4.78, 5) is 34.5. The van der Waals surface area contributed by atoms with Crippen LogP contribution in [0.2, 0.25) is 0 Å². The summed E-state index contributed by atoms with van der Waals surface area (Å²) >= 11 is 0. The number of allylic oxidation sites excluding steroid dienone is 2. The molecule has 1 amide bonds. The van der Waals surface area contributed by atoms with Crippen molar-refractivity contribution in [2.75, 3.05) is 14.1 Å². The van der Waals surface area contributed by atoms with Gasteiger partial charge in [-0.25, -0.2) is 0 Å². The predicted octanol–water partition coefficient (Wildman–Crippen LogP) is 0.828. The highest BCUT2D eigenvalue weighted by molar-refractivity contribution is 6.18. The molecule has 0 saturated heterocycles. The average Bonchev–Trinajstić information content (AvgIpc) is 2.81. The predicted molar refractivity (Wildman–Crippen MR) is 76.9 cm³/mol. The van der Waals surface area contributed by atoms with Crippen molar-refractivity contribution >= 4 is 17.5 Å². The number of carbonyl (C=O) groups is 3. The fraction of sp³-hybridized carbons (Fsp3) is 0.667. The minimum Gasteiger partial charge on any atom is -0.359 e. The zero-order valence-corrected chi connectivity index (χ0v) is 12.2. The van der Waals surface area contributed by atoms with Gasteiger partial charge in [0.1, 0.15) is 0 Å². The second-order valence-corrected chi connectivity index (χ2v) is 5.26. The van der Waals surface area contributed by atoms with Crippen molar-refractivity contribution in [2.45, 2.75) is 32.1 Å². The highest BCUT2D eigenvalue weighted by Crippen LogP contribution is 2.34. The summed E-state index contributed by atoms with van der Waals surface area (Å²) < 4.78 is 0. The maximum absolute atomic E-state index is 11.5. The number of rotatable bonds is 3. The molecule has 0 spiro atoms. The molecule has 0 bridgehead atoms. The van der Waals surface area contributed by atoms with E-state index in [1.165, 1.54) is 19.2 Å². The Balaban J connectivity index is 0.000000956. The highest BCUT2D eigenvalue weighted by atomic mass is 16.2. The van der Waals surface area contributed by atoms with Gasteiger partial charge < -0.3 is 11.1 Å². The highest BCUT2D eigenvalue weighted by Gasteiger charge is 2.33. The van der Waals surface area contributed by atoms with Gasteiger partial charge >= 0.3 is 0 Å². The number of nitrogens with two attached hydrogens (primary N) is 1. The van der Waals surface area contributed by atoms with Crippen LogP contribution >= 0.6 is 0 Å². The van der Waals surface area contributed by atoms with Gasteiger partial charge in [-0.15, -0.1) is 0 Å². The van der Waals surface area contributed by atoms with Crippen LogP contribution in [0, 0.1) is 17.8 Å². The van der Waals surface area contributed by atoms with Crippen LogP contribution in [0.3, 0.4) is 0 Å². The number of carbonyl (C=O) groups excluding carboxylic acids is 3. The second kappa shape index (κ2) is 7.94. The van der Waals surface area contributed by atoms with Crippen LogP contribution in [-0.4, -0.2) is 31.6 Å². The summed E-state index contributed by atoms with van der Waals surface area (Å²) in [5.41, 5.74) is 4.50. The fourth-order valence-corrected chi connectivity index (χ4v) is 2.97. The van der Waals surface area contributed by atoms with Crippen molar-refractivity contribution in [3.05, 3.63) is 12.2 Å². The smallest absolute Gasteiger partial charge is 0.222 e. The molecule has 1 saturated carbocycles. The third-order valence-electron chi connectivity index (χ3n) is 4.13. The lowest BCUT2D eigenvalue weighted by atomic mass is 9.77. The molecule has 0 aromatic rings. The number of amides is 1. The van der Waals surface area contributed by atoms with Gasteiger partial charge in [0, 0.05) is 13.0 Å². The van der Waals surface area contributed by atoms with E-state index in [-0.39, 0.29) is 23.4 Å². The van der Waals surface area contributed by atoms with E-state index in [1.807, 2.05) is 0 Å².